The molecule has 2 saturated heterocycles. The number of aliphatic hydroxyl groups is 1. The number of likely N-dealkylation sites (tertiary alicyclic amines) is 1. The molecule has 20 heteroatoms. The molecule has 5 atom stereocenters. The smallest absolute Gasteiger partial charge is 0.391 e. The predicted molar refractivity (Wildman–Crippen MR) is 275 cm³/mol. The summed E-state index contributed by atoms with van der Waals surface area (Å²) in [6.45, 7) is 12.7. The topological polar surface area (TPSA) is 197 Å². The Morgan fingerprint density at radius 1 is 0.905 bits per heavy atom. The Bertz CT molecular complexity index is 2940. The number of carbonyl (C=O) groups is 5. The van der Waals surface area contributed by atoms with Gasteiger partial charge in [-0.2, -0.15) is 13.2 Å². The Labute approximate surface area is 430 Å². The Balaban J connectivity index is 0.983. The van der Waals surface area contributed by atoms with E-state index in [1.54, 1.807) is 29.0 Å². The number of Topliss-reactive ketones (excluding diaryl/α,β-unsaturated/α-hetero) is 1. The molecule has 0 aliphatic carbocycles. The summed E-state index contributed by atoms with van der Waals surface area (Å²) in [4.78, 5) is 93.2. The molecular formula is C54H62F4N8O7S. The number of H-pyrrole nitrogens is 1. The van der Waals surface area contributed by atoms with E-state index in [0.717, 1.165) is 27.8 Å². The Morgan fingerprint density at radius 2 is 1.59 bits per heavy atom. The lowest BCUT2D eigenvalue weighted by Crippen LogP contribution is -2.55. The molecule has 3 aromatic carbocycles. The number of β-amino-alcohol motifs (C(OH)–C–C–N with tert-alkyl or cyclic N) is 1. The Kier molecular flexibility index (Phi) is 16.9. The van der Waals surface area contributed by atoms with E-state index >= 15 is 4.39 Å². The number of aliphatic hydroxyl groups excluding tert-OH is 1. The minimum Gasteiger partial charge on any atom is -0.391 e. The Morgan fingerprint density at radius 3 is 2.24 bits per heavy atom. The predicted octanol–water partition coefficient (Wildman–Crippen LogP) is 7.82. The molecule has 4 heterocycles. The van der Waals surface area contributed by atoms with Crippen LogP contribution in [0.4, 0.5) is 28.9 Å². The Hall–Kier alpha value is -6.77. The van der Waals surface area contributed by atoms with E-state index in [1.807, 2.05) is 77.8 Å². The lowest BCUT2D eigenvalue weighted by atomic mass is 9.76. The van der Waals surface area contributed by atoms with Gasteiger partial charge in [0.1, 0.15) is 17.6 Å². The van der Waals surface area contributed by atoms with Gasteiger partial charge in [0.15, 0.2) is 0 Å². The largest absolute Gasteiger partial charge is 0.417 e. The number of halogens is 4. The molecule has 2 fully saturated rings. The van der Waals surface area contributed by atoms with Crippen LogP contribution >= 0.6 is 11.3 Å². The molecule has 2 aliphatic rings. The molecule has 5 aromatic rings. The van der Waals surface area contributed by atoms with Crippen molar-refractivity contribution in [2.75, 3.05) is 43.4 Å². The molecule has 0 bridgehead atoms. The number of hydrogen-bond acceptors (Lipinski definition) is 11. The fraction of sp³-hybridized carbons (Fsp3) is 0.426. The lowest BCUT2D eigenvalue weighted by Gasteiger charge is -2.44. The summed E-state index contributed by atoms with van der Waals surface area (Å²) in [5.74, 6) is -4.34. The van der Waals surface area contributed by atoms with Gasteiger partial charge in [-0.25, -0.2) is 9.37 Å². The van der Waals surface area contributed by atoms with Gasteiger partial charge in [0.2, 0.25) is 17.4 Å². The number of hydrogen-bond donors (Lipinski definition) is 5. The van der Waals surface area contributed by atoms with Crippen LogP contribution in [-0.2, 0) is 27.1 Å². The summed E-state index contributed by atoms with van der Waals surface area (Å²) >= 11 is 1.54. The summed E-state index contributed by atoms with van der Waals surface area (Å²) in [5.41, 5.74) is 1.38. The third kappa shape index (κ3) is 12.9. The van der Waals surface area contributed by atoms with Gasteiger partial charge in [-0.15, -0.1) is 11.3 Å². The van der Waals surface area contributed by atoms with Crippen LogP contribution in [0.25, 0.3) is 21.6 Å². The van der Waals surface area contributed by atoms with E-state index in [9.17, 15) is 47.0 Å². The van der Waals surface area contributed by atoms with E-state index in [4.69, 9.17) is 0 Å². The van der Waals surface area contributed by atoms with Crippen molar-refractivity contribution in [3.05, 3.63) is 123 Å². The fourth-order valence-corrected chi connectivity index (χ4v) is 10.3. The summed E-state index contributed by atoms with van der Waals surface area (Å²) in [6, 6.07) is 15.6. The van der Waals surface area contributed by atoms with Crippen LogP contribution in [0.3, 0.4) is 0 Å². The summed E-state index contributed by atoms with van der Waals surface area (Å²) in [6.07, 6.45) is -5.11. The number of pyridine rings is 1. The quantitative estimate of drug-likeness (QED) is 0.0480. The molecule has 0 radical (unpaired) electrons. The number of nitrogens with zero attached hydrogens (tertiary/aromatic N) is 4. The number of anilines is 2. The second-order valence-corrected chi connectivity index (χ2v) is 21.2. The van der Waals surface area contributed by atoms with Crippen molar-refractivity contribution in [2.24, 2.45) is 11.3 Å². The first-order chi connectivity index (χ1) is 34.9. The lowest BCUT2D eigenvalue weighted by molar-refractivity contribution is -0.146. The average Bonchev–Trinajstić information content (AvgIpc) is 3.97. The van der Waals surface area contributed by atoms with Crippen LogP contribution in [0, 0.1) is 24.1 Å². The molecule has 394 valence electrons. The third-order valence-electron chi connectivity index (χ3n) is 13.9. The highest BCUT2D eigenvalue weighted by molar-refractivity contribution is 7.13. The summed E-state index contributed by atoms with van der Waals surface area (Å²) < 4.78 is 57.7. The number of aromatic amines is 1. The monoisotopic (exact) mass is 1040 g/mol. The van der Waals surface area contributed by atoms with Crippen molar-refractivity contribution < 1.29 is 46.6 Å². The number of carbonyl (C=O) groups excluding carboxylic acids is 5. The van der Waals surface area contributed by atoms with Gasteiger partial charge < -0.3 is 35.8 Å². The molecule has 4 amide bonds. The fourth-order valence-electron chi connectivity index (χ4n) is 9.50. The first kappa shape index (κ1) is 55.0. The van der Waals surface area contributed by atoms with Crippen molar-refractivity contribution in [2.45, 2.75) is 104 Å². The summed E-state index contributed by atoms with van der Waals surface area (Å²) in [5, 5.41) is 18.9. The van der Waals surface area contributed by atoms with Crippen molar-refractivity contribution >= 4 is 52.1 Å². The van der Waals surface area contributed by atoms with Crippen molar-refractivity contribution in [1.29, 1.82) is 0 Å². The zero-order valence-corrected chi connectivity index (χ0v) is 43.2. The second-order valence-electron chi connectivity index (χ2n) is 20.4. The SMILES string of the molecule is Cc1ncsc1-c1ccc(CNC(=O)[C@@H]2C[C@@H](O)CN2C(=O)[C@@H](CC(=O)CCCNC(=O)c2ccc(F)c(-c3ccc(N4C[C@@H](C)N(C)[C@@H](C)C4)c(NC(=O)c4c[nH]c(=O)cc4C(F)(F)F)c3)c2)C(C)(C)C)cc1. The molecular weight excluding hydrogens is 981 g/mol. The van der Waals surface area contributed by atoms with E-state index in [0.29, 0.717) is 31.0 Å². The maximum atomic E-state index is 15.7. The first-order valence-corrected chi connectivity index (χ1v) is 25.3. The maximum Gasteiger partial charge on any atom is 0.417 e. The third-order valence-corrected chi connectivity index (χ3v) is 14.9. The van der Waals surface area contributed by atoms with Gasteiger partial charge in [0.25, 0.3) is 11.8 Å². The molecule has 0 saturated carbocycles. The van der Waals surface area contributed by atoms with E-state index in [2.05, 4.69) is 30.8 Å². The van der Waals surface area contributed by atoms with E-state index < -0.39 is 75.8 Å². The minimum absolute atomic E-state index is 0.0118. The average molecular weight is 1040 g/mol. The van der Waals surface area contributed by atoms with Gasteiger partial charge in [0, 0.05) is 93.4 Å². The second kappa shape index (κ2) is 22.8. The number of amides is 4. The van der Waals surface area contributed by atoms with E-state index in [-0.39, 0.29) is 85.6 Å². The van der Waals surface area contributed by atoms with Crippen molar-refractivity contribution in [3.8, 4) is 21.6 Å². The molecule has 15 nitrogen and oxygen atoms in total. The molecule has 5 N–H and O–H groups in total. The highest BCUT2D eigenvalue weighted by Gasteiger charge is 2.44. The molecule has 2 aliphatic heterocycles. The highest BCUT2D eigenvalue weighted by atomic mass is 32.1. The highest BCUT2D eigenvalue weighted by Crippen LogP contribution is 2.38. The number of aromatic nitrogens is 2. The number of benzene rings is 3. The molecule has 0 unspecified atom stereocenters. The zero-order chi connectivity index (χ0) is 53.8. The molecule has 7 rings (SSSR count). The number of piperazine rings is 1. The first-order valence-electron chi connectivity index (χ1n) is 24.5. The van der Waals surface area contributed by atoms with Gasteiger partial charge in [-0.05, 0) is 86.7 Å². The van der Waals surface area contributed by atoms with Crippen LogP contribution < -0.4 is 26.4 Å². The van der Waals surface area contributed by atoms with Gasteiger partial charge in [0.05, 0.1) is 44.7 Å². The maximum absolute atomic E-state index is 15.7. The van der Waals surface area contributed by atoms with Crippen LogP contribution in [-0.4, -0.2) is 112 Å². The number of alkyl halides is 3. The number of aryl methyl sites for hydroxylation is 1. The van der Waals surface area contributed by atoms with Crippen LogP contribution in [0.5, 0.6) is 0 Å². The van der Waals surface area contributed by atoms with Gasteiger partial charge >= 0.3 is 6.18 Å². The van der Waals surface area contributed by atoms with Crippen LogP contribution in [0.1, 0.15) is 97.8 Å². The molecule has 2 aromatic heterocycles. The zero-order valence-electron chi connectivity index (χ0n) is 42.4. The van der Waals surface area contributed by atoms with E-state index in [1.165, 1.54) is 23.1 Å². The molecule has 0 spiro atoms. The number of ketones is 1. The summed E-state index contributed by atoms with van der Waals surface area (Å²) in [7, 11) is 1.97. The standard InChI is InChI=1S/C54H62F4N8O7S/c1-30-26-65(27-31(2)64(30)7)45-17-15-35(20-44(45)63-50(71)40-25-60-47(69)23-41(40)54(56,57)58)39-19-36(14-16-43(39)55)49(70)59-18-8-9-37(67)21-42(53(4,5)6)52(73)66-28-38(68)22-46(66)51(72)61-24-33-10-12-34(13-11-33)48-32(3)62-29-74-48/h10-17,19-20,23,25,29-31,38,42,46,68H,8-9,18,21-22,24,26-28H2,1-7H3,(H,59,70)(H,60,69)(H,61,72)(H,63,71)/t30-,31+,38-,42-,46+/m1/s1. The van der Waals surface area contributed by atoms with Crippen LogP contribution in [0.15, 0.2) is 83.2 Å². The van der Waals surface area contributed by atoms with Crippen molar-refractivity contribution in [3.63, 3.8) is 0 Å². The normalized spacial score (nSPS) is 18.8. The minimum atomic E-state index is -5.02. The number of rotatable bonds is 16. The number of nitrogens with one attached hydrogen (secondary N) is 4. The van der Waals surface area contributed by atoms with Gasteiger partial charge in [-0.1, -0.05) is 51.1 Å². The number of thiazole rings is 1. The molecule has 74 heavy (non-hydrogen) atoms. The van der Waals surface area contributed by atoms with Gasteiger partial charge in [-0.3, -0.25) is 33.7 Å². The number of likely N-dealkylation sites (N-methyl/N-ethyl adjacent to an activating group) is 1. The van der Waals surface area contributed by atoms with Crippen LogP contribution in [0.2, 0.25) is 0 Å². The van der Waals surface area contributed by atoms with Crippen molar-refractivity contribution in [1.82, 2.24) is 30.4 Å².